The highest BCUT2D eigenvalue weighted by atomic mass is 35.5. The van der Waals surface area contributed by atoms with Crippen molar-refractivity contribution in [2.45, 2.75) is 5.75 Å². The van der Waals surface area contributed by atoms with Gasteiger partial charge in [-0.2, -0.15) is 0 Å². The molecule has 0 saturated heterocycles. The van der Waals surface area contributed by atoms with Crippen LogP contribution in [0.5, 0.6) is 5.75 Å². The molecule has 0 saturated carbocycles. The number of ether oxygens (including phenoxy) is 2. The third kappa shape index (κ3) is 5.09. The van der Waals surface area contributed by atoms with Crippen LogP contribution >= 0.6 is 11.6 Å². The summed E-state index contributed by atoms with van der Waals surface area (Å²) in [5.41, 5.74) is 1.08. The summed E-state index contributed by atoms with van der Waals surface area (Å²) >= 11 is 6.20. The molecule has 0 aliphatic heterocycles. The first-order valence-corrected chi connectivity index (χ1v) is 11.1. The highest BCUT2D eigenvalue weighted by molar-refractivity contribution is 7.89. The molecule has 9 heteroatoms. The van der Waals surface area contributed by atoms with Crippen LogP contribution in [0.3, 0.4) is 0 Å². The number of carbonyl (C=O) groups is 1. The fourth-order valence-electron chi connectivity index (χ4n) is 2.85. The molecule has 1 N–H and O–H groups in total. The Bertz CT molecular complexity index is 1140. The summed E-state index contributed by atoms with van der Waals surface area (Å²) in [6.45, 7) is 0.591. The van der Waals surface area contributed by atoms with Crippen LogP contribution in [0.2, 0.25) is 5.02 Å². The molecule has 154 valence electrons. The Morgan fingerprint density at radius 1 is 1.14 bits per heavy atom. The lowest BCUT2D eigenvalue weighted by molar-refractivity contribution is 0.0997. The zero-order chi connectivity index (χ0) is 21.0. The molecule has 0 unspecified atom stereocenters. The number of halogens is 1. The normalized spacial score (nSPS) is 11.6. The van der Waals surface area contributed by atoms with Crippen molar-refractivity contribution in [3.05, 3.63) is 58.8 Å². The summed E-state index contributed by atoms with van der Waals surface area (Å²) < 4.78 is 40.1. The highest BCUT2D eigenvalue weighted by Crippen LogP contribution is 2.34. The topological polar surface area (TPSA) is 94.8 Å². The van der Waals surface area contributed by atoms with Gasteiger partial charge in [0, 0.05) is 24.3 Å². The van der Waals surface area contributed by atoms with E-state index in [1.54, 1.807) is 49.6 Å². The number of methoxy groups -OCH3 is 1. The van der Waals surface area contributed by atoms with E-state index in [0.29, 0.717) is 39.6 Å². The quantitative estimate of drug-likeness (QED) is 0.537. The number of furan rings is 1. The monoisotopic (exact) mass is 437 g/mol. The van der Waals surface area contributed by atoms with Gasteiger partial charge in [-0.25, -0.2) is 8.42 Å². The van der Waals surface area contributed by atoms with Gasteiger partial charge in [-0.15, -0.1) is 0 Å². The molecule has 7 nitrogen and oxygen atoms in total. The number of anilines is 1. The number of carbonyl (C=O) groups excluding carboxylic acids is 1. The van der Waals surface area contributed by atoms with Gasteiger partial charge in [0.2, 0.25) is 0 Å². The second-order valence-electron chi connectivity index (χ2n) is 6.39. The van der Waals surface area contributed by atoms with Crippen molar-refractivity contribution in [1.29, 1.82) is 0 Å². The zero-order valence-electron chi connectivity index (χ0n) is 15.9. The van der Waals surface area contributed by atoms with E-state index in [9.17, 15) is 13.2 Å². The van der Waals surface area contributed by atoms with E-state index in [-0.39, 0.29) is 18.1 Å². The average molecular weight is 438 g/mol. The lowest BCUT2D eigenvalue weighted by Crippen LogP contribution is -2.16. The van der Waals surface area contributed by atoms with Crippen LogP contribution in [0.4, 0.5) is 5.69 Å². The predicted octanol–water partition coefficient (Wildman–Crippen LogP) is 3.91. The number of benzene rings is 2. The molecule has 0 radical (unpaired) electrons. The molecule has 0 bridgehead atoms. The maximum absolute atomic E-state index is 13.0. The Kier molecular flexibility index (Phi) is 6.46. The molecule has 0 fully saturated rings. The summed E-state index contributed by atoms with van der Waals surface area (Å²) in [6, 6.07) is 11.8. The summed E-state index contributed by atoms with van der Waals surface area (Å²) in [5.74, 6) is -0.696. The van der Waals surface area contributed by atoms with Crippen LogP contribution in [0.25, 0.3) is 11.0 Å². The smallest absolute Gasteiger partial charge is 0.291 e. The van der Waals surface area contributed by atoms with Crippen LogP contribution in [0.1, 0.15) is 16.1 Å². The van der Waals surface area contributed by atoms with E-state index in [4.69, 9.17) is 25.5 Å². The minimum atomic E-state index is -3.40. The molecule has 2 aromatic carbocycles. The summed E-state index contributed by atoms with van der Waals surface area (Å²) in [5, 5.41) is 3.60. The van der Waals surface area contributed by atoms with Gasteiger partial charge in [-0.3, -0.25) is 4.79 Å². The van der Waals surface area contributed by atoms with Crippen molar-refractivity contribution >= 4 is 44.0 Å². The Hall–Kier alpha value is -2.55. The molecule has 29 heavy (non-hydrogen) atoms. The molecular weight excluding hydrogens is 418 g/mol. The van der Waals surface area contributed by atoms with Gasteiger partial charge >= 0.3 is 0 Å². The van der Waals surface area contributed by atoms with Crippen molar-refractivity contribution in [1.82, 2.24) is 0 Å². The molecule has 3 aromatic rings. The van der Waals surface area contributed by atoms with Crippen LogP contribution < -0.4 is 10.1 Å². The predicted molar refractivity (Wildman–Crippen MR) is 112 cm³/mol. The van der Waals surface area contributed by atoms with Gasteiger partial charge in [0.15, 0.2) is 21.3 Å². The Morgan fingerprint density at radius 2 is 1.90 bits per heavy atom. The molecule has 3 rings (SSSR count). The first-order valence-electron chi connectivity index (χ1n) is 8.70. The number of amides is 1. The first kappa shape index (κ1) is 21.2. The molecule has 1 heterocycles. The van der Waals surface area contributed by atoms with E-state index in [1.165, 1.54) is 0 Å². The standard InChI is InChI=1S/C20H20ClNO6S/c1-26-10-11-27-19-15(21)7-5-8-16(19)22-20(23)18-14(12-29(2,24)25)13-6-3-4-9-17(13)28-18/h3-9H,10-12H2,1-2H3,(H,22,23). The van der Waals surface area contributed by atoms with E-state index in [0.717, 1.165) is 6.26 Å². The maximum atomic E-state index is 13.0. The maximum Gasteiger partial charge on any atom is 0.291 e. The minimum Gasteiger partial charge on any atom is -0.487 e. The van der Waals surface area contributed by atoms with E-state index < -0.39 is 15.7 Å². The molecule has 0 aliphatic carbocycles. The molecule has 1 amide bonds. The summed E-state index contributed by atoms with van der Waals surface area (Å²) in [4.78, 5) is 13.0. The molecule has 0 atom stereocenters. The SMILES string of the molecule is COCCOc1c(Cl)cccc1NC(=O)c1oc2ccccc2c1CS(C)(=O)=O. The van der Waals surface area contributed by atoms with Crippen LogP contribution in [-0.4, -0.2) is 40.9 Å². The van der Waals surface area contributed by atoms with Crippen molar-refractivity contribution in [2.24, 2.45) is 0 Å². The van der Waals surface area contributed by atoms with Crippen molar-refractivity contribution < 1.29 is 27.1 Å². The molecule has 1 aromatic heterocycles. The number of para-hydroxylation sites is 2. The second-order valence-corrected chi connectivity index (χ2v) is 8.94. The van der Waals surface area contributed by atoms with Gasteiger partial charge < -0.3 is 19.2 Å². The number of rotatable bonds is 8. The number of nitrogens with one attached hydrogen (secondary N) is 1. The van der Waals surface area contributed by atoms with Crippen molar-refractivity contribution in [3.63, 3.8) is 0 Å². The number of sulfone groups is 1. The first-order chi connectivity index (χ1) is 13.8. The third-order valence-corrected chi connectivity index (χ3v) is 5.17. The van der Waals surface area contributed by atoms with Crippen LogP contribution in [0.15, 0.2) is 46.9 Å². The fraction of sp³-hybridized carbons (Fsp3) is 0.250. The van der Waals surface area contributed by atoms with Gasteiger partial charge in [-0.05, 0) is 18.2 Å². The molecule has 0 spiro atoms. The lowest BCUT2D eigenvalue weighted by atomic mass is 10.1. The van der Waals surface area contributed by atoms with E-state index in [2.05, 4.69) is 5.32 Å². The second kappa shape index (κ2) is 8.86. The summed E-state index contributed by atoms with van der Waals surface area (Å²) in [6.07, 6.45) is 1.11. The highest BCUT2D eigenvalue weighted by Gasteiger charge is 2.24. The van der Waals surface area contributed by atoms with Crippen LogP contribution in [0, 0.1) is 0 Å². The van der Waals surface area contributed by atoms with Gasteiger partial charge in [-0.1, -0.05) is 35.9 Å². The average Bonchev–Trinajstić information content (AvgIpc) is 3.01. The minimum absolute atomic E-state index is 0.0700. The Labute approximate surface area is 173 Å². The van der Waals surface area contributed by atoms with Crippen molar-refractivity contribution in [3.8, 4) is 5.75 Å². The van der Waals surface area contributed by atoms with Gasteiger partial charge in [0.25, 0.3) is 5.91 Å². The van der Waals surface area contributed by atoms with E-state index in [1.807, 2.05) is 0 Å². The van der Waals surface area contributed by atoms with Crippen LogP contribution in [-0.2, 0) is 20.3 Å². The van der Waals surface area contributed by atoms with E-state index >= 15 is 0 Å². The fourth-order valence-corrected chi connectivity index (χ4v) is 3.89. The lowest BCUT2D eigenvalue weighted by Gasteiger charge is -2.13. The Morgan fingerprint density at radius 3 is 2.62 bits per heavy atom. The number of hydrogen-bond donors (Lipinski definition) is 1. The largest absolute Gasteiger partial charge is 0.487 e. The van der Waals surface area contributed by atoms with Gasteiger partial charge in [0.1, 0.15) is 12.2 Å². The third-order valence-electron chi connectivity index (χ3n) is 4.06. The zero-order valence-corrected chi connectivity index (χ0v) is 17.5. The number of hydrogen-bond acceptors (Lipinski definition) is 6. The Balaban J connectivity index is 1.97. The molecule has 0 aliphatic rings. The number of fused-ring (bicyclic) bond motifs is 1. The summed E-state index contributed by atoms with van der Waals surface area (Å²) in [7, 11) is -1.85. The molecular formula is C20H20ClNO6S. The van der Waals surface area contributed by atoms with Gasteiger partial charge in [0.05, 0.1) is 23.1 Å². The van der Waals surface area contributed by atoms with Crippen molar-refractivity contribution in [2.75, 3.05) is 31.9 Å².